The third-order valence-corrected chi connectivity index (χ3v) is 5.87. The molecule has 7 heteroatoms. The van der Waals surface area contributed by atoms with Gasteiger partial charge in [-0.15, -0.1) is 0 Å². The van der Waals surface area contributed by atoms with Crippen molar-refractivity contribution in [2.45, 2.75) is 13.0 Å². The number of anilines is 1. The van der Waals surface area contributed by atoms with Crippen LogP contribution >= 0.6 is 11.6 Å². The van der Waals surface area contributed by atoms with Crippen LogP contribution < -0.4 is 15.1 Å². The lowest BCUT2D eigenvalue weighted by atomic mass is 9.97. The molecule has 0 aliphatic carbocycles. The fourth-order valence-corrected chi connectivity index (χ4v) is 4.34. The van der Waals surface area contributed by atoms with Crippen molar-refractivity contribution in [3.05, 3.63) is 98.4 Å². The molecule has 1 aromatic heterocycles. The van der Waals surface area contributed by atoms with E-state index in [-0.39, 0.29) is 28.3 Å². The van der Waals surface area contributed by atoms with Crippen LogP contribution in [0, 0.1) is 6.92 Å². The highest BCUT2D eigenvalue weighted by Crippen LogP contribution is 2.43. The Morgan fingerprint density at radius 3 is 2.62 bits per heavy atom. The number of aryl methyl sites for hydroxylation is 1. The first-order chi connectivity index (χ1) is 15.4. The first-order valence-corrected chi connectivity index (χ1v) is 10.3. The van der Waals surface area contributed by atoms with E-state index >= 15 is 0 Å². The number of phenols is 1. The van der Waals surface area contributed by atoms with Gasteiger partial charge in [0.2, 0.25) is 5.76 Å². The quantitative estimate of drug-likeness (QED) is 0.465. The number of halogens is 1. The number of hydrogen-bond acceptors (Lipinski definition) is 5. The first-order valence-electron chi connectivity index (χ1n) is 9.92. The number of fused-ring (bicyclic) bond motifs is 2. The van der Waals surface area contributed by atoms with Gasteiger partial charge in [0.05, 0.1) is 24.1 Å². The topological polar surface area (TPSA) is 80.0 Å². The largest absolute Gasteiger partial charge is 0.504 e. The second-order valence-corrected chi connectivity index (χ2v) is 8.10. The van der Waals surface area contributed by atoms with Gasteiger partial charge in [-0.2, -0.15) is 0 Å². The van der Waals surface area contributed by atoms with E-state index in [1.807, 2.05) is 13.0 Å². The number of amides is 1. The number of rotatable bonds is 3. The van der Waals surface area contributed by atoms with E-state index < -0.39 is 11.9 Å². The Morgan fingerprint density at radius 1 is 1.06 bits per heavy atom. The first kappa shape index (κ1) is 20.2. The highest BCUT2D eigenvalue weighted by molar-refractivity contribution is 6.31. The molecule has 0 saturated heterocycles. The fourth-order valence-electron chi connectivity index (χ4n) is 4.16. The van der Waals surface area contributed by atoms with Gasteiger partial charge in [0.15, 0.2) is 16.9 Å². The standard InChI is InChI=1S/C25H18ClNO5/c1-13-6-9-19-17(10-13)23(29)21-22(14-7-8-18(28)20(11-14)31-2)27(25(30)24(21)32-19)16-5-3-4-15(26)12-16/h3-12,22,28H,1-2H3. The zero-order valence-corrected chi connectivity index (χ0v) is 18.0. The van der Waals surface area contributed by atoms with Gasteiger partial charge in [-0.3, -0.25) is 14.5 Å². The molecule has 0 bridgehead atoms. The zero-order valence-electron chi connectivity index (χ0n) is 17.3. The van der Waals surface area contributed by atoms with Crippen LogP contribution in [0.5, 0.6) is 11.5 Å². The number of carbonyl (C=O) groups excluding carboxylic acids is 1. The molecule has 0 radical (unpaired) electrons. The smallest absolute Gasteiger partial charge is 0.295 e. The highest BCUT2D eigenvalue weighted by atomic mass is 35.5. The molecule has 1 N–H and O–H groups in total. The van der Waals surface area contributed by atoms with Gasteiger partial charge < -0.3 is 14.3 Å². The summed E-state index contributed by atoms with van der Waals surface area (Å²) in [4.78, 5) is 28.7. The maximum Gasteiger partial charge on any atom is 0.295 e. The Morgan fingerprint density at radius 2 is 1.88 bits per heavy atom. The van der Waals surface area contributed by atoms with Gasteiger partial charge in [0.25, 0.3) is 5.91 Å². The number of ether oxygens (including phenoxy) is 1. The van der Waals surface area contributed by atoms with E-state index in [0.29, 0.717) is 27.2 Å². The summed E-state index contributed by atoms with van der Waals surface area (Å²) in [7, 11) is 1.44. The number of aromatic hydroxyl groups is 1. The number of hydrogen-bond donors (Lipinski definition) is 1. The maximum atomic E-state index is 13.6. The Labute approximate surface area is 188 Å². The molecule has 1 unspecified atom stereocenters. The van der Waals surface area contributed by atoms with Crippen molar-refractivity contribution in [2.24, 2.45) is 0 Å². The minimum atomic E-state index is -0.786. The maximum absolute atomic E-state index is 13.6. The lowest BCUT2D eigenvalue weighted by Gasteiger charge is -2.25. The Bertz CT molecular complexity index is 1460. The van der Waals surface area contributed by atoms with Gasteiger partial charge in [0.1, 0.15) is 5.58 Å². The molecular formula is C25H18ClNO5. The molecule has 2 heterocycles. The molecule has 0 spiro atoms. The molecule has 1 atom stereocenters. The summed E-state index contributed by atoms with van der Waals surface area (Å²) in [6.45, 7) is 1.89. The van der Waals surface area contributed by atoms with E-state index in [9.17, 15) is 14.7 Å². The molecule has 5 rings (SSSR count). The molecule has 6 nitrogen and oxygen atoms in total. The van der Waals surface area contributed by atoms with E-state index in [1.54, 1.807) is 48.5 Å². The average Bonchev–Trinajstić information content (AvgIpc) is 3.07. The molecule has 1 aliphatic heterocycles. The second-order valence-electron chi connectivity index (χ2n) is 7.66. The fraction of sp³-hybridized carbons (Fsp3) is 0.120. The molecule has 4 aromatic rings. The zero-order chi connectivity index (χ0) is 22.6. The lowest BCUT2D eigenvalue weighted by Crippen LogP contribution is -2.29. The van der Waals surface area contributed by atoms with E-state index in [0.717, 1.165) is 5.56 Å². The molecule has 1 aliphatic rings. The predicted molar refractivity (Wildman–Crippen MR) is 122 cm³/mol. The normalized spacial score (nSPS) is 15.3. The van der Waals surface area contributed by atoms with Crippen molar-refractivity contribution in [3.63, 3.8) is 0 Å². The highest BCUT2D eigenvalue weighted by Gasteiger charge is 2.44. The Hall–Kier alpha value is -3.77. The van der Waals surface area contributed by atoms with Crippen LogP contribution in [0.1, 0.15) is 33.3 Å². The van der Waals surface area contributed by atoms with Crippen LogP contribution in [0.4, 0.5) is 5.69 Å². The third-order valence-electron chi connectivity index (χ3n) is 5.63. The van der Waals surface area contributed by atoms with Gasteiger partial charge in [-0.25, -0.2) is 0 Å². The summed E-state index contributed by atoms with van der Waals surface area (Å²) < 4.78 is 11.2. The van der Waals surface area contributed by atoms with Crippen LogP contribution in [0.2, 0.25) is 5.02 Å². The van der Waals surface area contributed by atoms with Crippen molar-refractivity contribution >= 4 is 34.2 Å². The summed E-state index contributed by atoms with van der Waals surface area (Å²) in [6.07, 6.45) is 0. The van der Waals surface area contributed by atoms with E-state index in [1.165, 1.54) is 18.1 Å². The number of carbonyl (C=O) groups is 1. The van der Waals surface area contributed by atoms with Crippen LogP contribution in [-0.2, 0) is 0 Å². The Balaban J connectivity index is 1.83. The molecule has 32 heavy (non-hydrogen) atoms. The predicted octanol–water partition coefficient (Wildman–Crippen LogP) is 5.22. The van der Waals surface area contributed by atoms with E-state index in [2.05, 4.69) is 0 Å². The van der Waals surface area contributed by atoms with Crippen molar-refractivity contribution in [3.8, 4) is 11.5 Å². The van der Waals surface area contributed by atoms with Gasteiger partial charge in [0, 0.05) is 10.7 Å². The van der Waals surface area contributed by atoms with Crippen molar-refractivity contribution in [1.29, 1.82) is 0 Å². The molecule has 1 amide bonds. The average molecular weight is 448 g/mol. The van der Waals surface area contributed by atoms with Gasteiger partial charge >= 0.3 is 0 Å². The third kappa shape index (κ3) is 3.03. The molecule has 3 aromatic carbocycles. The molecule has 160 valence electrons. The molecule has 0 saturated carbocycles. The van der Waals surface area contributed by atoms with Crippen LogP contribution in [-0.4, -0.2) is 18.1 Å². The number of phenolic OH excluding ortho intramolecular Hbond substituents is 1. The van der Waals surface area contributed by atoms with Crippen molar-refractivity contribution < 1.29 is 19.1 Å². The van der Waals surface area contributed by atoms with Crippen LogP contribution in [0.3, 0.4) is 0 Å². The number of nitrogens with zero attached hydrogens (tertiary/aromatic N) is 1. The lowest BCUT2D eigenvalue weighted by molar-refractivity contribution is 0.0971. The van der Waals surface area contributed by atoms with Gasteiger partial charge in [-0.1, -0.05) is 35.4 Å². The summed E-state index contributed by atoms with van der Waals surface area (Å²) in [5.74, 6) is -0.269. The molecule has 0 fully saturated rings. The Kier molecular flexibility index (Phi) is 4.68. The minimum Gasteiger partial charge on any atom is -0.504 e. The summed E-state index contributed by atoms with van der Waals surface area (Å²) in [6, 6.07) is 16.1. The monoisotopic (exact) mass is 447 g/mol. The summed E-state index contributed by atoms with van der Waals surface area (Å²) in [5.41, 5.74) is 2.32. The SMILES string of the molecule is COc1cc(C2c3c(oc4ccc(C)cc4c3=O)C(=O)N2c2cccc(Cl)c2)ccc1O. The van der Waals surface area contributed by atoms with Crippen LogP contribution in [0.25, 0.3) is 11.0 Å². The minimum absolute atomic E-state index is 0.0108. The van der Waals surface area contributed by atoms with Crippen LogP contribution in [0.15, 0.2) is 69.9 Å². The van der Waals surface area contributed by atoms with E-state index in [4.69, 9.17) is 20.8 Å². The summed E-state index contributed by atoms with van der Waals surface area (Å²) in [5, 5.41) is 10.9. The van der Waals surface area contributed by atoms with Gasteiger partial charge in [-0.05, 0) is 55.0 Å². The molecular weight excluding hydrogens is 430 g/mol. The van der Waals surface area contributed by atoms with Crippen molar-refractivity contribution in [2.75, 3.05) is 12.0 Å². The summed E-state index contributed by atoms with van der Waals surface area (Å²) >= 11 is 6.20. The van der Waals surface area contributed by atoms with Crippen molar-refractivity contribution in [1.82, 2.24) is 0 Å². The number of benzene rings is 3. The number of methoxy groups -OCH3 is 1. The second kappa shape index (κ2) is 7.43.